The highest BCUT2D eigenvalue weighted by Crippen LogP contribution is 2.29. The van der Waals surface area contributed by atoms with Crippen LogP contribution in [-0.4, -0.2) is 46.4 Å². The minimum atomic E-state index is -0.667. The third kappa shape index (κ3) is 4.81. The SMILES string of the molecule is COB(OC)c1ccc(C[C@H](NC(=O)C2CC2)C(=O)OC)cc1. The number of rotatable bonds is 8. The fourth-order valence-electron chi connectivity index (χ4n) is 2.39. The number of nitrogens with one attached hydrogen (secondary N) is 1. The zero-order valence-corrected chi connectivity index (χ0v) is 13.7. The summed E-state index contributed by atoms with van der Waals surface area (Å²) in [5.74, 6) is -0.459. The molecule has 0 heterocycles. The van der Waals surface area contributed by atoms with Gasteiger partial charge in [0, 0.05) is 26.6 Å². The van der Waals surface area contributed by atoms with Gasteiger partial charge in [0.05, 0.1) is 7.11 Å². The average Bonchev–Trinajstić information content (AvgIpc) is 3.41. The number of esters is 1. The highest BCUT2D eigenvalue weighted by molar-refractivity contribution is 6.61. The first-order valence-corrected chi connectivity index (χ1v) is 7.61. The Labute approximate surface area is 136 Å². The van der Waals surface area contributed by atoms with Gasteiger partial charge in [0.1, 0.15) is 6.04 Å². The summed E-state index contributed by atoms with van der Waals surface area (Å²) in [5.41, 5.74) is 1.81. The molecular formula is C16H22BNO5. The summed E-state index contributed by atoms with van der Waals surface area (Å²) < 4.78 is 15.2. The first-order chi connectivity index (χ1) is 11.1. The molecule has 23 heavy (non-hydrogen) atoms. The zero-order valence-electron chi connectivity index (χ0n) is 13.7. The molecule has 0 spiro atoms. The second-order valence-corrected chi connectivity index (χ2v) is 5.61. The predicted molar refractivity (Wildman–Crippen MR) is 86.2 cm³/mol. The summed E-state index contributed by atoms with van der Waals surface area (Å²) in [6, 6.07) is 6.87. The summed E-state index contributed by atoms with van der Waals surface area (Å²) in [6.45, 7) is 0. The second kappa shape index (κ2) is 8.13. The summed E-state index contributed by atoms with van der Waals surface area (Å²) >= 11 is 0. The van der Waals surface area contributed by atoms with Crippen molar-refractivity contribution in [2.24, 2.45) is 5.92 Å². The molecule has 1 aliphatic rings. The molecule has 0 radical (unpaired) electrons. The molecule has 7 heteroatoms. The summed E-state index contributed by atoms with van der Waals surface area (Å²) in [7, 11) is 4.05. The van der Waals surface area contributed by atoms with Crippen LogP contribution in [0.3, 0.4) is 0 Å². The Bertz CT molecular complexity index is 540. The van der Waals surface area contributed by atoms with E-state index in [9.17, 15) is 9.59 Å². The topological polar surface area (TPSA) is 73.9 Å². The van der Waals surface area contributed by atoms with Crippen molar-refractivity contribution in [1.82, 2.24) is 5.32 Å². The number of methoxy groups -OCH3 is 1. The number of carbonyl (C=O) groups is 2. The quantitative estimate of drug-likeness (QED) is 0.550. The number of amides is 1. The molecule has 0 aliphatic heterocycles. The van der Waals surface area contributed by atoms with Crippen LogP contribution in [0, 0.1) is 5.92 Å². The van der Waals surface area contributed by atoms with Gasteiger partial charge in [-0.1, -0.05) is 24.3 Å². The minimum Gasteiger partial charge on any atom is -0.467 e. The minimum absolute atomic E-state index is 0.0497. The van der Waals surface area contributed by atoms with Crippen molar-refractivity contribution in [3.63, 3.8) is 0 Å². The molecule has 1 saturated carbocycles. The molecule has 0 aromatic heterocycles. The molecule has 1 N–H and O–H groups in total. The molecule has 1 atom stereocenters. The lowest BCUT2D eigenvalue weighted by Crippen LogP contribution is -2.43. The second-order valence-electron chi connectivity index (χ2n) is 5.61. The van der Waals surface area contributed by atoms with E-state index in [-0.39, 0.29) is 11.8 Å². The number of benzene rings is 1. The van der Waals surface area contributed by atoms with Crippen LogP contribution in [0.25, 0.3) is 0 Å². The van der Waals surface area contributed by atoms with E-state index in [2.05, 4.69) is 5.32 Å². The van der Waals surface area contributed by atoms with Gasteiger partial charge in [0.15, 0.2) is 0 Å². The third-order valence-electron chi connectivity index (χ3n) is 3.87. The van der Waals surface area contributed by atoms with Gasteiger partial charge in [-0.2, -0.15) is 0 Å². The van der Waals surface area contributed by atoms with Crippen LogP contribution in [0.4, 0.5) is 0 Å². The molecule has 1 fully saturated rings. The fourth-order valence-corrected chi connectivity index (χ4v) is 2.39. The van der Waals surface area contributed by atoms with Gasteiger partial charge in [-0.05, 0) is 23.9 Å². The first-order valence-electron chi connectivity index (χ1n) is 7.61. The molecule has 0 saturated heterocycles. The Balaban J connectivity index is 2.03. The highest BCUT2D eigenvalue weighted by Gasteiger charge is 2.33. The van der Waals surface area contributed by atoms with Crippen molar-refractivity contribution >= 4 is 24.5 Å². The maximum absolute atomic E-state index is 11.9. The molecule has 6 nitrogen and oxygen atoms in total. The predicted octanol–water partition coefficient (Wildman–Crippen LogP) is 0.285. The molecule has 1 aromatic rings. The van der Waals surface area contributed by atoms with Gasteiger partial charge in [0.25, 0.3) is 0 Å². The van der Waals surface area contributed by atoms with E-state index < -0.39 is 19.1 Å². The lowest BCUT2D eigenvalue weighted by atomic mass is 9.78. The van der Waals surface area contributed by atoms with Gasteiger partial charge in [-0.25, -0.2) is 4.79 Å². The van der Waals surface area contributed by atoms with Crippen LogP contribution in [0.1, 0.15) is 18.4 Å². The summed E-state index contributed by atoms with van der Waals surface area (Å²) in [4.78, 5) is 23.8. The van der Waals surface area contributed by atoms with Crippen molar-refractivity contribution < 1.29 is 23.6 Å². The van der Waals surface area contributed by atoms with Gasteiger partial charge in [-0.15, -0.1) is 0 Å². The molecule has 1 aliphatic carbocycles. The van der Waals surface area contributed by atoms with Crippen LogP contribution >= 0.6 is 0 Å². The zero-order chi connectivity index (χ0) is 16.8. The van der Waals surface area contributed by atoms with E-state index in [1.54, 1.807) is 14.2 Å². The third-order valence-corrected chi connectivity index (χ3v) is 3.87. The summed E-state index contributed by atoms with van der Waals surface area (Å²) in [5, 5.41) is 2.77. The lowest BCUT2D eigenvalue weighted by Gasteiger charge is -2.17. The normalized spacial score (nSPS) is 14.9. The van der Waals surface area contributed by atoms with E-state index in [4.69, 9.17) is 14.0 Å². The Morgan fingerprint density at radius 3 is 2.26 bits per heavy atom. The standard InChI is InChI=1S/C16H22BNO5/c1-21-16(20)14(18-15(19)12-6-7-12)10-11-4-8-13(9-5-11)17(22-2)23-3/h4-5,8-9,12,14H,6-7,10H2,1-3H3,(H,18,19)/t14-/m0/s1. The van der Waals surface area contributed by atoms with Crippen LogP contribution < -0.4 is 10.8 Å². The Morgan fingerprint density at radius 2 is 1.78 bits per heavy atom. The Hall–Kier alpha value is -1.86. The molecule has 1 amide bonds. The van der Waals surface area contributed by atoms with Crippen LogP contribution in [0.15, 0.2) is 24.3 Å². The van der Waals surface area contributed by atoms with E-state index in [0.29, 0.717) is 6.42 Å². The van der Waals surface area contributed by atoms with Crippen molar-refractivity contribution in [2.75, 3.05) is 21.3 Å². The largest absolute Gasteiger partial charge is 0.493 e. The van der Waals surface area contributed by atoms with Gasteiger partial charge in [-0.3, -0.25) is 4.79 Å². The molecule has 0 unspecified atom stereocenters. The highest BCUT2D eigenvalue weighted by atomic mass is 16.6. The number of hydrogen-bond acceptors (Lipinski definition) is 5. The van der Waals surface area contributed by atoms with Crippen LogP contribution in [0.2, 0.25) is 0 Å². The fraction of sp³-hybridized carbons (Fsp3) is 0.500. The molecule has 2 rings (SSSR count). The van der Waals surface area contributed by atoms with Gasteiger partial charge in [0.2, 0.25) is 5.91 Å². The van der Waals surface area contributed by atoms with E-state index in [1.807, 2.05) is 24.3 Å². The van der Waals surface area contributed by atoms with E-state index in [1.165, 1.54) is 7.11 Å². The smallest absolute Gasteiger partial charge is 0.467 e. The van der Waals surface area contributed by atoms with Crippen molar-refractivity contribution in [3.8, 4) is 0 Å². The molecular weight excluding hydrogens is 297 g/mol. The Morgan fingerprint density at radius 1 is 1.17 bits per heavy atom. The first kappa shape index (κ1) is 17.5. The molecule has 124 valence electrons. The van der Waals surface area contributed by atoms with Crippen molar-refractivity contribution in [3.05, 3.63) is 29.8 Å². The van der Waals surface area contributed by atoms with Gasteiger partial charge >= 0.3 is 13.1 Å². The molecule has 1 aromatic carbocycles. The van der Waals surface area contributed by atoms with E-state index in [0.717, 1.165) is 23.9 Å². The van der Waals surface area contributed by atoms with E-state index >= 15 is 0 Å². The summed E-state index contributed by atoms with van der Waals surface area (Å²) in [6.07, 6.45) is 2.17. The number of hydrogen-bond donors (Lipinski definition) is 1. The Kier molecular flexibility index (Phi) is 6.18. The average molecular weight is 319 g/mol. The van der Waals surface area contributed by atoms with Gasteiger partial charge < -0.3 is 19.4 Å². The maximum atomic E-state index is 11.9. The monoisotopic (exact) mass is 319 g/mol. The van der Waals surface area contributed by atoms with Crippen molar-refractivity contribution in [2.45, 2.75) is 25.3 Å². The van der Waals surface area contributed by atoms with Crippen molar-refractivity contribution in [1.29, 1.82) is 0 Å². The lowest BCUT2D eigenvalue weighted by molar-refractivity contribution is -0.145. The number of ether oxygens (including phenoxy) is 1. The van der Waals surface area contributed by atoms with Crippen LogP contribution in [0.5, 0.6) is 0 Å². The number of carbonyl (C=O) groups excluding carboxylic acids is 2. The molecule has 0 bridgehead atoms. The maximum Gasteiger partial charge on any atom is 0.493 e. The van der Waals surface area contributed by atoms with Crippen LogP contribution in [-0.2, 0) is 30.1 Å².